The summed E-state index contributed by atoms with van der Waals surface area (Å²) in [4.78, 5) is 9.94. The van der Waals surface area contributed by atoms with E-state index in [0.29, 0.717) is 5.56 Å². The Morgan fingerprint density at radius 3 is 2.50 bits per heavy atom. The molecule has 9 heteroatoms. The van der Waals surface area contributed by atoms with Gasteiger partial charge in [-0.1, -0.05) is 18.5 Å². The standard InChI is InChI=1S/C11H15ClN2O5S/c1-3-13(4-5-15)20(18,19)11-7-10(14(16)17)9(12)6-8(11)2/h6-7,15H,3-5H2,1-2H3. The van der Waals surface area contributed by atoms with E-state index in [1.165, 1.54) is 13.0 Å². The SMILES string of the molecule is CCN(CCO)S(=O)(=O)c1cc([N+](=O)[O-])c(Cl)cc1C. The number of hydrogen-bond acceptors (Lipinski definition) is 5. The molecular weight excluding hydrogens is 308 g/mol. The van der Waals surface area contributed by atoms with Crippen molar-refractivity contribution in [3.63, 3.8) is 0 Å². The van der Waals surface area contributed by atoms with Crippen LogP contribution in [0.2, 0.25) is 5.02 Å². The Kier molecular flexibility index (Phi) is 5.46. The topological polar surface area (TPSA) is 101 Å². The normalized spacial score (nSPS) is 11.8. The number of halogens is 1. The molecule has 0 fully saturated rings. The maximum absolute atomic E-state index is 12.4. The van der Waals surface area contributed by atoms with Gasteiger partial charge < -0.3 is 5.11 Å². The fourth-order valence-corrected chi connectivity index (χ4v) is 3.71. The first-order chi connectivity index (χ1) is 9.25. The van der Waals surface area contributed by atoms with Crippen LogP contribution in [0, 0.1) is 17.0 Å². The van der Waals surface area contributed by atoms with Gasteiger partial charge in [0.05, 0.1) is 16.4 Å². The van der Waals surface area contributed by atoms with Gasteiger partial charge in [0.1, 0.15) is 5.02 Å². The number of benzene rings is 1. The number of nitro groups is 1. The second-order valence-electron chi connectivity index (χ2n) is 4.05. The summed E-state index contributed by atoms with van der Waals surface area (Å²) in [5, 5.41) is 19.6. The van der Waals surface area contributed by atoms with E-state index in [0.717, 1.165) is 10.4 Å². The molecule has 0 heterocycles. The van der Waals surface area contributed by atoms with E-state index < -0.39 is 20.6 Å². The first kappa shape index (κ1) is 16.8. The molecule has 0 unspecified atom stereocenters. The summed E-state index contributed by atoms with van der Waals surface area (Å²) in [6, 6.07) is 2.20. The number of aliphatic hydroxyl groups excluding tert-OH is 1. The van der Waals surface area contributed by atoms with Gasteiger partial charge in [-0.25, -0.2) is 8.42 Å². The monoisotopic (exact) mass is 322 g/mol. The van der Waals surface area contributed by atoms with Gasteiger partial charge in [0.2, 0.25) is 10.0 Å². The third-order valence-electron chi connectivity index (χ3n) is 2.76. The third-order valence-corrected chi connectivity index (χ3v) is 5.18. The quantitative estimate of drug-likeness (QED) is 0.632. The minimum Gasteiger partial charge on any atom is -0.395 e. The molecule has 7 nitrogen and oxygen atoms in total. The maximum atomic E-state index is 12.4. The molecule has 0 spiro atoms. The van der Waals surface area contributed by atoms with Gasteiger partial charge in [0.15, 0.2) is 0 Å². The van der Waals surface area contributed by atoms with Crippen molar-refractivity contribution in [2.45, 2.75) is 18.7 Å². The van der Waals surface area contributed by atoms with Gasteiger partial charge in [-0.2, -0.15) is 4.31 Å². The van der Waals surface area contributed by atoms with Crippen molar-refractivity contribution in [2.24, 2.45) is 0 Å². The summed E-state index contributed by atoms with van der Waals surface area (Å²) in [6.07, 6.45) is 0. The molecule has 0 aliphatic heterocycles. The van der Waals surface area contributed by atoms with Gasteiger partial charge in [0.25, 0.3) is 5.69 Å². The minimum absolute atomic E-state index is 0.0747. The summed E-state index contributed by atoms with van der Waals surface area (Å²) in [5.41, 5.74) is -0.145. The molecule has 1 aromatic carbocycles. The van der Waals surface area contributed by atoms with Crippen molar-refractivity contribution in [3.05, 3.63) is 32.8 Å². The van der Waals surface area contributed by atoms with Crippen LogP contribution in [0.25, 0.3) is 0 Å². The number of nitrogens with zero attached hydrogens (tertiary/aromatic N) is 2. The van der Waals surface area contributed by atoms with Crippen molar-refractivity contribution >= 4 is 27.3 Å². The number of aryl methyl sites for hydroxylation is 1. The lowest BCUT2D eigenvalue weighted by atomic mass is 10.2. The smallest absolute Gasteiger partial charge is 0.289 e. The number of nitro benzene ring substituents is 1. The molecule has 20 heavy (non-hydrogen) atoms. The Morgan fingerprint density at radius 2 is 2.05 bits per heavy atom. The molecule has 0 aliphatic rings. The lowest BCUT2D eigenvalue weighted by Gasteiger charge is -2.20. The van der Waals surface area contributed by atoms with E-state index in [1.807, 2.05) is 0 Å². The number of likely N-dealkylation sites (N-methyl/N-ethyl adjacent to an activating group) is 1. The largest absolute Gasteiger partial charge is 0.395 e. The molecule has 0 bridgehead atoms. The van der Waals surface area contributed by atoms with Gasteiger partial charge in [-0.15, -0.1) is 0 Å². The number of aliphatic hydroxyl groups is 1. The molecule has 0 aliphatic carbocycles. The highest BCUT2D eigenvalue weighted by Crippen LogP contribution is 2.31. The molecular formula is C11H15ClN2O5S. The first-order valence-electron chi connectivity index (χ1n) is 5.81. The third kappa shape index (κ3) is 3.26. The Balaban J connectivity index is 3.45. The van der Waals surface area contributed by atoms with Crippen LogP contribution < -0.4 is 0 Å². The van der Waals surface area contributed by atoms with Crippen molar-refractivity contribution < 1.29 is 18.4 Å². The predicted octanol–water partition coefficient (Wildman–Crippen LogP) is 1.56. The summed E-state index contributed by atoms with van der Waals surface area (Å²) in [6.45, 7) is 2.87. The number of hydrogen-bond donors (Lipinski definition) is 1. The van der Waals surface area contributed by atoms with Crippen molar-refractivity contribution in [2.75, 3.05) is 19.7 Å². The molecule has 1 N–H and O–H groups in total. The lowest BCUT2D eigenvalue weighted by molar-refractivity contribution is -0.384. The zero-order valence-corrected chi connectivity index (χ0v) is 12.6. The van der Waals surface area contributed by atoms with Crippen LogP contribution in [-0.2, 0) is 10.0 Å². The Morgan fingerprint density at radius 1 is 1.45 bits per heavy atom. The average molecular weight is 323 g/mol. The number of sulfonamides is 1. The molecule has 1 aromatic rings. The molecule has 0 saturated heterocycles. The second kappa shape index (κ2) is 6.49. The lowest BCUT2D eigenvalue weighted by Crippen LogP contribution is -2.33. The van der Waals surface area contributed by atoms with Crippen LogP contribution in [0.5, 0.6) is 0 Å². The van der Waals surface area contributed by atoms with Crippen LogP contribution >= 0.6 is 11.6 Å². The molecule has 0 saturated carbocycles. The predicted molar refractivity (Wildman–Crippen MR) is 74.4 cm³/mol. The maximum Gasteiger partial charge on any atom is 0.289 e. The summed E-state index contributed by atoms with van der Waals surface area (Å²) < 4.78 is 25.9. The van der Waals surface area contributed by atoms with Crippen molar-refractivity contribution in [3.8, 4) is 0 Å². The Bertz CT molecular complexity index is 617. The highest BCUT2D eigenvalue weighted by atomic mass is 35.5. The summed E-state index contributed by atoms with van der Waals surface area (Å²) in [7, 11) is -3.91. The van der Waals surface area contributed by atoms with Gasteiger partial charge in [0, 0.05) is 19.2 Å². The zero-order valence-electron chi connectivity index (χ0n) is 11.0. The molecule has 112 valence electrons. The van der Waals surface area contributed by atoms with Crippen molar-refractivity contribution in [1.29, 1.82) is 0 Å². The Labute approximate surface area is 122 Å². The highest BCUT2D eigenvalue weighted by Gasteiger charge is 2.28. The highest BCUT2D eigenvalue weighted by molar-refractivity contribution is 7.89. The minimum atomic E-state index is -3.91. The van der Waals surface area contributed by atoms with Crippen LogP contribution in [0.1, 0.15) is 12.5 Å². The first-order valence-corrected chi connectivity index (χ1v) is 7.63. The van der Waals surface area contributed by atoms with E-state index in [4.69, 9.17) is 16.7 Å². The second-order valence-corrected chi connectivity index (χ2v) is 6.36. The van der Waals surface area contributed by atoms with Gasteiger partial charge >= 0.3 is 0 Å². The van der Waals surface area contributed by atoms with Crippen LogP contribution in [-0.4, -0.2) is 42.4 Å². The van der Waals surface area contributed by atoms with E-state index in [2.05, 4.69) is 0 Å². The van der Waals surface area contributed by atoms with E-state index >= 15 is 0 Å². The van der Waals surface area contributed by atoms with E-state index in [9.17, 15) is 18.5 Å². The summed E-state index contributed by atoms with van der Waals surface area (Å²) >= 11 is 5.73. The molecule has 1 rings (SSSR count). The molecule has 0 amide bonds. The van der Waals surface area contributed by atoms with E-state index in [-0.39, 0.29) is 29.6 Å². The van der Waals surface area contributed by atoms with Crippen LogP contribution in [0.15, 0.2) is 17.0 Å². The van der Waals surface area contributed by atoms with Gasteiger partial charge in [-0.05, 0) is 18.6 Å². The van der Waals surface area contributed by atoms with E-state index in [1.54, 1.807) is 6.92 Å². The van der Waals surface area contributed by atoms with Crippen LogP contribution in [0.4, 0.5) is 5.69 Å². The fraction of sp³-hybridized carbons (Fsp3) is 0.455. The zero-order chi connectivity index (χ0) is 15.5. The number of rotatable bonds is 6. The summed E-state index contributed by atoms with van der Waals surface area (Å²) in [5.74, 6) is 0. The average Bonchev–Trinajstić information content (AvgIpc) is 2.34. The molecule has 0 radical (unpaired) electrons. The molecule has 0 atom stereocenters. The Hall–Kier alpha value is -1.22. The molecule has 0 aromatic heterocycles. The van der Waals surface area contributed by atoms with Crippen molar-refractivity contribution in [1.82, 2.24) is 4.31 Å². The fourth-order valence-electron chi connectivity index (χ4n) is 1.76. The van der Waals surface area contributed by atoms with Crippen LogP contribution in [0.3, 0.4) is 0 Å². The van der Waals surface area contributed by atoms with Gasteiger partial charge in [-0.3, -0.25) is 10.1 Å².